The maximum atomic E-state index is 6.18. The highest BCUT2D eigenvalue weighted by molar-refractivity contribution is 6.13. The van der Waals surface area contributed by atoms with Gasteiger partial charge in [-0.2, -0.15) is 0 Å². The molecule has 0 unspecified atom stereocenters. The number of furan rings is 1. The van der Waals surface area contributed by atoms with Gasteiger partial charge in [-0.05, 0) is 141 Å². The highest BCUT2D eigenvalue weighted by Gasteiger charge is 2.25. The summed E-state index contributed by atoms with van der Waals surface area (Å²) in [5, 5.41) is 9.78. The molecule has 0 N–H and O–H groups in total. The summed E-state index contributed by atoms with van der Waals surface area (Å²) < 4.78 is 8.58. The maximum absolute atomic E-state index is 6.18. The van der Waals surface area contributed by atoms with Gasteiger partial charge >= 0.3 is 0 Å². The zero-order chi connectivity index (χ0) is 34.6. The van der Waals surface area contributed by atoms with Crippen molar-refractivity contribution in [3.63, 3.8) is 0 Å². The number of hydrogen-bond donors (Lipinski definition) is 0. The second kappa shape index (κ2) is 10.7. The molecule has 0 amide bonds. The van der Waals surface area contributed by atoms with Crippen LogP contribution in [0.25, 0.3) is 93.2 Å². The number of hydrogen-bond acceptors (Lipinski definition) is 2. The van der Waals surface area contributed by atoms with Crippen LogP contribution in [-0.2, 0) is 0 Å². The molecule has 0 spiro atoms. The zero-order valence-electron chi connectivity index (χ0n) is 28.6. The Kier molecular flexibility index (Phi) is 5.77. The van der Waals surface area contributed by atoms with E-state index in [1.165, 1.54) is 71.3 Å². The summed E-state index contributed by atoms with van der Waals surface area (Å²) in [5.41, 5.74) is 14.1. The van der Waals surface area contributed by atoms with Gasteiger partial charge in [-0.25, -0.2) is 0 Å². The Morgan fingerprint density at radius 3 is 1.58 bits per heavy atom. The Balaban J connectivity index is 0.961. The summed E-state index contributed by atoms with van der Waals surface area (Å²) in [7, 11) is 0. The highest BCUT2D eigenvalue weighted by Crippen LogP contribution is 2.51. The molecule has 0 saturated carbocycles. The van der Waals surface area contributed by atoms with Gasteiger partial charge in [0.15, 0.2) is 0 Å². The molecule has 3 heteroatoms. The van der Waals surface area contributed by atoms with Crippen molar-refractivity contribution >= 4 is 82.4 Å². The van der Waals surface area contributed by atoms with Crippen molar-refractivity contribution in [1.29, 1.82) is 0 Å². The van der Waals surface area contributed by atoms with E-state index in [0.29, 0.717) is 0 Å². The molecule has 9 aromatic carbocycles. The van der Waals surface area contributed by atoms with Crippen LogP contribution in [0.4, 0.5) is 17.1 Å². The summed E-state index contributed by atoms with van der Waals surface area (Å²) in [6, 6.07) is 66.1. The molecule has 12 rings (SSSR count). The van der Waals surface area contributed by atoms with E-state index in [1.807, 2.05) is 12.1 Å². The molecule has 0 fully saturated rings. The fraction of sp³-hybridized carbons (Fsp3) is 0. The monoisotopic (exact) mass is 674 g/mol. The summed E-state index contributed by atoms with van der Waals surface area (Å²) in [5.74, 6) is 0. The second-order valence-electron chi connectivity index (χ2n) is 14.2. The quantitative estimate of drug-likeness (QED) is 0.185. The summed E-state index contributed by atoms with van der Waals surface area (Å²) in [4.78, 5) is 2.34. The maximum Gasteiger partial charge on any atom is 0.135 e. The van der Waals surface area contributed by atoms with Gasteiger partial charge in [0.1, 0.15) is 11.2 Å². The minimum Gasteiger partial charge on any atom is -0.456 e. The van der Waals surface area contributed by atoms with E-state index in [9.17, 15) is 0 Å². The SMILES string of the molecule is c1ccc(N(c2ccc3cc4c(cc3c2)-c2cc3ccc(-n5c6ccccc6c6ccccc65)cc3cc2-4)c2ccc3oc4ccccc4c3c2)cc1. The van der Waals surface area contributed by atoms with E-state index in [2.05, 4.69) is 179 Å². The van der Waals surface area contributed by atoms with Crippen LogP contribution >= 0.6 is 0 Å². The number of para-hydroxylation sites is 4. The number of nitrogens with zero attached hydrogens (tertiary/aromatic N) is 2. The van der Waals surface area contributed by atoms with Gasteiger partial charge in [0, 0.05) is 44.3 Å². The molecule has 0 aliphatic heterocycles. The van der Waals surface area contributed by atoms with Gasteiger partial charge in [0.25, 0.3) is 0 Å². The number of rotatable bonds is 4. The van der Waals surface area contributed by atoms with Crippen molar-refractivity contribution in [2.75, 3.05) is 4.90 Å². The Bertz CT molecular complexity index is 3240. The third-order valence-electron chi connectivity index (χ3n) is 11.2. The van der Waals surface area contributed by atoms with Crippen LogP contribution < -0.4 is 4.90 Å². The van der Waals surface area contributed by atoms with Crippen LogP contribution in [0.3, 0.4) is 0 Å². The standard InChI is InChI=1S/C50H30N2O/c1-2-10-35(11-3-1)51(38-22-23-50-46(30-38)41-14-6-9-17-49(41)53-50)36-20-18-31-26-42-44(28-33(31)24-36)43-27-32-19-21-37(25-34(32)29-45(42)43)52-47-15-7-4-12-39(47)40-13-5-8-16-48(40)52/h1-30H. The molecule has 2 aromatic heterocycles. The van der Waals surface area contributed by atoms with Gasteiger partial charge in [-0.15, -0.1) is 0 Å². The first-order valence-electron chi connectivity index (χ1n) is 18.2. The van der Waals surface area contributed by atoms with Crippen molar-refractivity contribution in [2.24, 2.45) is 0 Å². The number of fused-ring (bicyclic) bond motifs is 12. The lowest BCUT2D eigenvalue weighted by Crippen LogP contribution is -2.09. The van der Waals surface area contributed by atoms with E-state index < -0.39 is 0 Å². The zero-order valence-corrected chi connectivity index (χ0v) is 28.6. The molecule has 1 aliphatic rings. The second-order valence-corrected chi connectivity index (χ2v) is 14.2. The number of aromatic nitrogens is 1. The summed E-state index contributed by atoms with van der Waals surface area (Å²) >= 11 is 0. The van der Waals surface area contributed by atoms with E-state index in [-0.39, 0.29) is 0 Å². The normalized spacial score (nSPS) is 12.2. The Labute approximate surface area is 305 Å². The fourth-order valence-corrected chi connectivity index (χ4v) is 8.76. The molecule has 2 heterocycles. The topological polar surface area (TPSA) is 21.3 Å². The van der Waals surface area contributed by atoms with Gasteiger partial charge < -0.3 is 13.9 Å². The van der Waals surface area contributed by atoms with Crippen LogP contribution in [0.1, 0.15) is 0 Å². The molecule has 11 aromatic rings. The first kappa shape index (κ1) is 28.6. The minimum atomic E-state index is 0.898. The van der Waals surface area contributed by atoms with Gasteiger partial charge in [0.05, 0.1) is 11.0 Å². The molecule has 0 bridgehead atoms. The lowest BCUT2D eigenvalue weighted by atomic mass is 9.78. The molecule has 0 radical (unpaired) electrons. The lowest BCUT2D eigenvalue weighted by Gasteiger charge is -2.28. The molecule has 0 atom stereocenters. The average molecular weight is 675 g/mol. The largest absolute Gasteiger partial charge is 0.456 e. The van der Waals surface area contributed by atoms with Crippen LogP contribution in [0.2, 0.25) is 0 Å². The molecular weight excluding hydrogens is 645 g/mol. The van der Waals surface area contributed by atoms with Crippen molar-refractivity contribution in [3.8, 4) is 27.9 Å². The van der Waals surface area contributed by atoms with Crippen molar-refractivity contribution < 1.29 is 4.42 Å². The highest BCUT2D eigenvalue weighted by atomic mass is 16.3. The predicted molar refractivity (Wildman–Crippen MR) is 222 cm³/mol. The third kappa shape index (κ3) is 4.16. The molecule has 0 saturated heterocycles. The van der Waals surface area contributed by atoms with Crippen molar-refractivity contribution in [2.45, 2.75) is 0 Å². The minimum absolute atomic E-state index is 0.898. The summed E-state index contributed by atoms with van der Waals surface area (Å²) in [6.45, 7) is 0. The van der Waals surface area contributed by atoms with Crippen molar-refractivity contribution in [1.82, 2.24) is 4.57 Å². The molecule has 1 aliphatic carbocycles. The van der Waals surface area contributed by atoms with Crippen LogP contribution in [-0.4, -0.2) is 4.57 Å². The van der Waals surface area contributed by atoms with Gasteiger partial charge in [-0.1, -0.05) is 84.9 Å². The van der Waals surface area contributed by atoms with Crippen LogP contribution in [0.15, 0.2) is 186 Å². The Hall–Kier alpha value is -7.10. The van der Waals surface area contributed by atoms with Crippen LogP contribution in [0, 0.1) is 0 Å². The number of anilines is 3. The molecule has 246 valence electrons. The van der Waals surface area contributed by atoms with Crippen molar-refractivity contribution in [3.05, 3.63) is 182 Å². The smallest absolute Gasteiger partial charge is 0.135 e. The summed E-state index contributed by atoms with van der Waals surface area (Å²) in [6.07, 6.45) is 0. The van der Waals surface area contributed by atoms with E-state index in [0.717, 1.165) is 39.0 Å². The molecule has 3 nitrogen and oxygen atoms in total. The van der Waals surface area contributed by atoms with Gasteiger partial charge in [-0.3, -0.25) is 0 Å². The fourth-order valence-electron chi connectivity index (χ4n) is 8.76. The average Bonchev–Trinajstić information content (AvgIpc) is 3.75. The van der Waals surface area contributed by atoms with Crippen LogP contribution in [0.5, 0.6) is 0 Å². The molecular formula is C50H30N2O. The van der Waals surface area contributed by atoms with Gasteiger partial charge in [0.2, 0.25) is 0 Å². The Morgan fingerprint density at radius 2 is 0.868 bits per heavy atom. The predicted octanol–water partition coefficient (Wildman–Crippen LogP) is 14.1. The van der Waals surface area contributed by atoms with E-state index in [4.69, 9.17) is 4.42 Å². The number of benzene rings is 9. The third-order valence-corrected chi connectivity index (χ3v) is 11.2. The van der Waals surface area contributed by atoms with E-state index >= 15 is 0 Å². The lowest BCUT2D eigenvalue weighted by molar-refractivity contribution is 0.669. The van der Waals surface area contributed by atoms with E-state index in [1.54, 1.807) is 0 Å². The Morgan fingerprint density at radius 1 is 0.340 bits per heavy atom. The molecule has 53 heavy (non-hydrogen) atoms. The first-order chi connectivity index (χ1) is 26.2. The first-order valence-corrected chi connectivity index (χ1v) is 18.2.